The highest BCUT2D eigenvalue weighted by atomic mass is 16.5. The number of carbonyl (C=O) groups is 2. The lowest BCUT2D eigenvalue weighted by Crippen LogP contribution is -2.33. The molecule has 0 aromatic heterocycles. The summed E-state index contributed by atoms with van der Waals surface area (Å²) in [4.78, 5) is 22.4. The minimum Gasteiger partial charge on any atom is -0.449 e. The van der Waals surface area contributed by atoms with E-state index in [0.29, 0.717) is 13.0 Å². The van der Waals surface area contributed by atoms with Crippen molar-refractivity contribution in [3.63, 3.8) is 0 Å². The number of ether oxygens (including phenoxy) is 1. The van der Waals surface area contributed by atoms with Crippen molar-refractivity contribution in [2.75, 3.05) is 6.61 Å². The Morgan fingerprint density at radius 2 is 1.72 bits per heavy atom. The number of fused-ring (bicyclic) bond motifs is 3. The van der Waals surface area contributed by atoms with E-state index in [-0.39, 0.29) is 12.0 Å². The Morgan fingerprint density at radius 3 is 2.32 bits per heavy atom. The quantitative estimate of drug-likeness (QED) is 0.606. The number of carbonyl (C=O) groups excluding carboxylic acids is 2. The number of unbranched alkanes of at least 4 members (excludes halogenated alkanes) is 1. The number of nitrogens with one attached hydrogen (secondary N) is 1. The number of hydrogen-bond acceptors (Lipinski definition) is 3. The topological polar surface area (TPSA) is 55.4 Å². The van der Waals surface area contributed by atoms with Gasteiger partial charge in [0.05, 0.1) is 0 Å². The van der Waals surface area contributed by atoms with Gasteiger partial charge in [0.2, 0.25) is 0 Å². The van der Waals surface area contributed by atoms with Crippen LogP contribution in [0.1, 0.15) is 43.2 Å². The maximum Gasteiger partial charge on any atom is 0.407 e. The number of alkyl carbamates (subject to hydrolysis) is 1. The van der Waals surface area contributed by atoms with E-state index in [9.17, 15) is 9.59 Å². The number of aldehydes is 1. The number of hydrogen-bond donors (Lipinski definition) is 1. The van der Waals surface area contributed by atoms with Crippen LogP contribution in [0.4, 0.5) is 4.79 Å². The number of amides is 1. The van der Waals surface area contributed by atoms with E-state index in [1.54, 1.807) is 0 Å². The van der Waals surface area contributed by atoms with Crippen LogP contribution in [0.5, 0.6) is 0 Å². The average molecular weight is 337 g/mol. The normalized spacial score (nSPS) is 13.6. The molecule has 2 aromatic carbocycles. The van der Waals surface area contributed by atoms with E-state index >= 15 is 0 Å². The monoisotopic (exact) mass is 337 g/mol. The summed E-state index contributed by atoms with van der Waals surface area (Å²) in [5.74, 6) is 0.0727. The van der Waals surface area contributed by atoms with Crippen LogP contribution in [0, 0.1) is 0 Å². The van der Waals surface area contributed by atoms with Crippen molar-refractivity contribution in [3.8, 4) is 11.1 Å². The third-order valence-electron chi connectivity index (χ3n) is 4.67. The van der Waals surface area contributed by atoms with E-state index in [1.165, 1.54) is 22.3 Å². The van der Waals surface area contributed by atoms with Gasteiger partial charge in [-0.3, -0.25) is 0 Å². The summed E-state index contributed by atoms with van der Waals surface area (Å²) in [7, 11) is 0. The van der Waals surface area contributed by atoms with Gasteiger partial charge in [0, 0.05) is 18.4 Å². The molecule has 0 saturated heterocycles. The third kappa shape index (κ3) is 3.90. The molecule has 4 heteroatoms. The molecule has 1 aliphatic carbocycles. The van der Waals surface area contributed by atoms with Gasteiger partial charge in [-0.2, -0.15) is 0 Å². The standard InChI is InChI=1S/C21H23NO3/c1-15(8-6-7-13-23)22-21(24)25-14-20-18-11-4-2-9-16(18)17-10-3-5-12-19(17)20/h2-5,9-13,15,20H,6-8,14H2,1H3,(H,22,24). The molecule has 0 saturated carbocycles. The molecule has 0 bridgehead atoms. The molecule has 0 heterocycles. The second-order valence-corrected chi connectivity index (χ2v) is 6.47. The number of rotatable bonds is 7. The minimum atomic E-state index is -0.402. The van der Waals surface area contributed by atoms with Gasteiger partial charge in [-0.15, -0.1) is 0 Å². The van der Waals surface area contributed by atoms with Gasteiger partial charge < -0.3 is 14.8 Å². The zero-order valence-corrected chi connectivity index (χ0v) is 14.4. The molecular formula is C21H23NO3. The van der Waals surface area contributed by atoms with Crippen molar-refractivity contribution in [3.05, 3.63) is 59.7 Å². The number of benzene rings is 2. The summed E-state index contributed by atoms with van der Waals surface area (Å²) in [6, 6.07) is 16.5. The van der Waals surface area contributed by atoms with Crippen molar-refractivity contribution in [2.24, 2.45) is 0 Å². The highest BCUT2D eigenvalue weighted by Gasteiger charge is 2.29. The fourth-order valence-corrected chi connectivity index (χ4v) is 3.42. The molecule has 0 spiro atoms. The molecule has 1 unspecified atom stereocenters. The van der Waals surface area contributed by atoms with Crippen molar-refractivity contribution < 1.29 is 14.3 Å². The lowest BCUT2D eigenvalue weighted by molar-refractivity contribution is -0.107. The second-order valence-electron chi connectivity index (χ2n) is 6.47. The van der Waals surface area contributed by atoms with Gasteiger partial charge >= 0.3 is 6.09 Å². The molecule has 4 nitrogen and oxygen atoms in total. The second kappa shape index (κ2) is 7.97. The van der Waals surface area contributed by atoms with Crippen LogP contribution in [0.25, 0.3) is 11.1 Å². The fourth-order valence-electron chi connectivity index (χ4n) is 3.42. The van der Waals surface area contributed by atoms with Gasteiger partial charge in [-0.1, -0.05) is 48.5 Å². The van der Waals surface area contributed by atoms with Crippen molar-refractivity contribution in [2.45, 2.75) is 38.1 Å². The van der Waals surface area contributed by atoms with E-state index in [0.717, 1.165) is 19.1 Å². The first-order chi connectivity index (χ1) is 12.2. The molecule has 1 atom stereocenters. The van der Waals surface area contributed by atoms with Gasteiger partial charge in [-0.05, 0) is 42.0 Å². The van der Waals surface area contributed by atoms with Crippen LogP contribution in [0.3, 0.4) is 0 Å². The summed E-state index contributed by atoms with van der Waals surface area (Å²) in [6.07, 6.45) is 2.56. The summed E-state index contributed by atoms with van der Waals surface area (Å²) in [6.45, 7) is 2.24. The smallest absolute Gasteiger partial charge is 0.407 e. The van der Waals surface area contributed by atoms with E-state index in [2.05, 4.69) is 29.6 Å². The first-order valence-corrected chi connectivity index (χ1v) is 8.76. The molecule has 25 heavy (non-hydrogen) atoms. The molecule has 1 aliphatic rings. The Bertz CT molecular complexity index is 711. The lowest BCUT2D eigenvalue weighted by Gasteiger charge is -2.17. The van der Waals surface area contributed by atoms with Gasteiger partial charge in [-0.25, -0.2) is 4.79 Å². The molecule has 2 aromatic rings. The Labute approximate surface area is 148 Å². The Morgan fingerprint density at radius 1 is 1.12 bits per heavy atom. The van der Waals surface area contributed by atoms with Crippen molar-refractivity contribution in [1.82, 2.24) is 5.32 Å². The predicted octanol–water partition coefficient (Wildman–Crippen LogP) is 4.28. The summed E-state index contributed by atoms with van der Waals surface area (Å²) in [5.41, 5.74) is 4.84. The van der Waals surface area contributed by atoms with E-state index in [1.807, 2.05) is 31.2 Å². The Balaban J connectivity index is 1.62. The SMILES string of the molecule is CC(CCCC=O)NC(=O)OCC1c2ccccc2-c2ccccc21. The maximum absolute atomic E-state index is 12.1. The average Bonchev–Trinajstić information content (AvgIpc) is 2.94. The van der Waals surface area contributed by atoms with E-state index in [4.69, 9.17) is 4.74 Å². The zero-order chi connectivity index (χ0) is 17.6. The van der Waals surface area contributed by atoms with Gasteiger partial charge in [0.1, 0.15) is 12.9 Å². The van der Waals surface area contributed by atoms with Gasteiger partial charge in [0.25, 0.3) is 0 Å². The fraction of sp³-hybridized carbons (Fsp3) is 0.333. The predicted molar refractivity (Wildman–Crippen MR) is 97.6 cm³/mol. The molecule has 0 fully saturated rings. The van der Waals surface area contributed by atoms with Crippen LogP contribution in [0.15, 0.2) is 48.5 Å². The van der Waals surface area contributed by atoms with Crippen LogP contribution in [0.2, 0.25) is 0 Å². The minimum absolute atomic E-state index is 0.00407. The van der Waals surface area contributed by atoms with Gasteiger partial charge in [0.15, 0.2) is 0 Å². The highest BCUT2D eigenvalue weighted by molar-refractivity contribution is 5.79. The van der Waals surface area contributed by atoms with Crippen LogP contribution < -0.4 is 5.32 Å². The zero-order valence-electron chi connectivity index (χ0n) is 14.4. The summed E-state index contributed by atoms with van der Waals surface area (Å²) >= 11 is 0. The first-order valence-electron chi connectivity index (χ1n) is 8.76. The molecule has 3 rings (SSSR count). The summed E-state index contributed by atoms with van der Waals surface area (Å²) in [5, 5.41) is 2.83. The molecule has 0 aliphatic heterocycles. The largest absolute Gasteiger partial charge is 0.449 e. The van der Waals surface area contributed by atoms with Crippen LogP contribution in [-0.2, 0) is 9.53 Å². The lowest BCUT2D eigenvalue weighted by atomic mass is 9.98. The Hall–Kier alpha value is -2.62. The first kappa shape index (κ1) is 17.2. The van der Waals surface area contributed by atoms with Crippen LogP contribution >= 0.6 is 0 Å². The highest BCUT2D eigenvalue weighted by Crippen LogP contribution is 2.44. The molecule has 130 valence electrons. The maximum atomic E-state index is 12.1. The molecule has 1 N–H and O–H groups in total. The molecular weight excluding hydrogens is 314 g/mol. The molecule has 0 radical (unpaired) electrons. The van der Waals surface area contributed by atoms with Crippen molar-refractivity contribution in [1.29, 1.82) is 0 Å². The van der Waals surface area contributed by atoms with Crippen molar-refractivity contribution >= 4 is 12.4 Å². The summed E-state index contributed by atoms with van der Waals surface area (Å²) < 4.78 is 5.50. The third-order valence-corrected chi connectivity index (χ3v) is 4.67. The van der Waals surface area contributed by atoms with E-state index < -0.39 is 6.09 Å². The molecule has 1 amide bonds. The van der Waals surface area contributed by atoms with Crippen LogP contribution in [-0.4, -0.2) is 25.0 Å². The Kier molecular flexibility index (Phi) is 5.49.